The predicted molar refractivity (Wildman–Crippen MR) is 122 cm³/mol. The molecule has 0 bridgehead atoms. The molecule has 12 heteroatoms. The topological polar surface area (TPSA) is 7.94 Å². The highest BCUT2D eigenvalue weighted by Crippen LogP contribution is 2.54. The van der Waals surface area contributed by atoms with Gasteiger partial charge >= 0.3 is 19.1 Å². The molecule has 0 atom stereocenters. The fraction of sp³-hybridized carbons (Fsp3) is 0.261. The summed E-state index contributed by atoms with van der Waals surface area (Å²) in [6.07, 6.45) is -3.22. The molecule has 3 aromatic heterocycles. The lowest BCUT2D eigenvalue weighted by Gasteiger charge is -2.36. The minimum Gasteiger partial charge on any atom is -0.389 e. The number of halogens is 7. The van der Waals surface area contributed by atoms with E-state index in [-0.39, 0.29) is 24.2 Å². The van der Waals surface area contributed by atoms with Gasteiger partial charge in [-0.15, -0.1) is 22.7 Å². The van der Waals surface area contributed by atoms with E-state index in [0.717, 1.165) is 23.3 Å². The van der Waals surface area contributed by atoms with Crippen molar-refractivity contribution in [3.63, 3.8) is 0 Å². The van der Waals surface area contributed by atoms with Crippen LogP contribution in [0.4, 0.5) is 30.6 Å². The Morgan fingerprint density at radius 2 is 1.49 bits per heavy atom. The van der Waals surface area contributed by atoms with Crippen molar-refractivity contribution < 1.29 is 35.1 Å². The van der Waals surface area contributed by atoms with E-state index in [9.17, 15) is 13.2 Å². The summed E-state index contributed by atoms with van der Waals surface area (Å²) in [4.78, 5) is 0.991. The summed E-state index contributed by atoms with van der Waals surface area (Å²) < 4.78 is 106. The largest absolute Gasteiger partial charge is 0.738 e. The van der Waals surface area contributed by atoms with Gasteiger partial charge < -0.3 is 17.6 Å². The van der Waals surface area contributed by atoms with E-state index in [4.69, 9.17) is 0 Å². The second kappa shape index (κ2) is 6.58. The fourth-order valence-corrected chi connectivity index (χ4v) is 7.87. The van der Waals surface area contributed by atoms with E-state index in [1.165, 1.54) is 22.7 Å². The van der Waals surface area contributed by atoms with Crippen LogP contribution in [0.2, 0.25) is 0 Å². The molecule has 0 aromatic carbocycles. The van der Waals surface area contributed by atoms with Crippen molar-refractivity contribution in [1.82, 2.24) is 4.48 Å². The second-order valence-electron chi connectivity index (χ2n) is 9.13. The molecule has 0 amide bonds. The summed E-state index contributed by atoms with van der Waals surface area (Å²) in [6, 6.07) is 4.69. The molecule has 35 heavy (non-hydrogen) atoms. The fourth-order valence-electron chi connectivity index (χ4n) is 5.81. The zero-order chi connectivity index (χ0) is 24.5. The van der Waals surface area contributed by atoms with Crippen LogP contribution in [0.25, 0.3) is 16.1 Å². The van der Waals surface area contributed by atoms with Gasteiger partial charge in [0.05, 0.1) is 9.75 Å². The van der Waals surface area contributed by atoms with E-state index in [1.807, 2.05) is 0 Å². The van der Waals surface area contributed by atoms with E-state index in [0.29, 0.717) is 42.7 Å². The molecule has 2 aliphatic carbocycles. The van der Waals surface area contributed by atoms with Gasteiger partial charge in [-0.2, -0.15) is 22.0 Å². The molecule has 0 unspecified atom stereocenters. The van der Waals surface area contributed by atoms with Crippen molar-refractivity contribution in [3.05, 3.63) is 73.6 Å². The molecular formula is C23H14BF7N2S2. The summed E-state index contributed by atoms with van der Waals surface area (Å²) in [5.41, 5.74) is -0.502. The van der Waals surface area contributed by atoms with E-state index < -0.39 is 36.0 Å². The van der Waals surface area contributed by atoms with E-state index in [1.54, 1.807) is 22.9 Å². The molecule has 2 aliphatic heterocycles. The maximum atomic E-state index is 16.5. The van der Waals surface area contributed by atoms with Crippen molar-refractivity contribution in [2.24, 2.45) is 0 Å². The standard InChI is InChI=1S/C23H14BF7N2S2/c25-22(26,23(27,28)29)17-15-9-13-3-1-11-5-7-34-20(11)18(13)32(15)24(30,31)33-16(17)10-14-4-2-12-6-8-35-21(12)19(14)33/h5-10H,1-4H2. The third-order valence-corrected chi connectivity index (χ3v) is 9.21. The highest BCUT2D eigenvalue weighted by atomic mass is 32.1. The normalized spacial score (nSPS) is 20.1. The summed E-state index contributed by atoms with van der Waals surface area (Å²) in [5, 5.41) is 3.45. The number of allylic oxidation sites excluding steroid dienone is 3. The second-order valence-corrected chi connectivity index (χ2v) is 11.0. The molecule has 0 N–H and O–H groups in total. The molecule has 0 saturated carbocycles. The highest BCUT2D eigenvalue weighted by molar-refractivity contribution is 7.14. The van der Waals surface area contributed by atoms with Gasteiger partial charge in [-0.1, -0.05) is 0 Å². The number of aryl methyl sites for hydroxylation is 3. The molecule has 7 rings (SSSR count). The van der Waals surface area contributed by atoms with Crippen molar-refractivity contribution in [1.29, 1.82) is 0 Å². The molecule has 5 heterocycles. The predicted octanol–water partition coefficient (Wildman–Crippen LogP) is 6.91. The number of nitrogens with zero attached hydrogens (tertiary/aromatic N) is 2. The number of aromatic nitrogens is 1. The molecule has 4 aliphatic rings. The van der Waals surface area contributed by atoms with Crippen molar-refractivity contribution in [3.8, 4) is 10.6 Å². The molecule has 3 aromatic rings. The van der Waals surface area contributed by atoms with Crippen molar-refractivity contribution in [2.45, 2.75) is 37.8 Å². The van der Waals surface area contributed by atoms with Crippen LogP contribution in [-0.2, 0) is 19.3 Å². The van der Waals surface area contributed by atoms with Crippen LogP contribution in [0, 0.1) is 0 Å². The Kier molecular flexibility index (Phi) is 4.08. The molecule has 0 fully saturated rings. The van der Waals surface area contributed by atoms with Crippen LogP contribution in [0.15, 0.2) is 46.3 Å². The van der Waals surface area contributed by atoms with Gasteiger partial charge in [0.25, 0.3) is 0 Å². The van der Waals surface area contributed by atoms with Crippen LogP contribution in [0.3, 0.4) is 0 Å². The van der Waals surface area contributed by atoms with Crippen LogP contribution in [0.1, 0.15) is 33.7 Å². The number of thiophene rings is 2. The third-order valence-electron chi connectivity index (χ3n) is 7.29. The number of hydrogen-bond acceptors (Lipinski definition) is 2. The van der Waals surface area contributed by atoms with Gasteiger partial charge in [0.1, 0.15) is 5.57 Å². The van der Waals surface area contributed by atoms with Gasteiger partial charge in [0.2, 0.25) is 0 Å². The zero-order valence-corrected chi connectivity index (χ0v) is 19.4. The number of hydrogen-bond donors (Lipinski definition) is 0. The number of fused-ring (bicyclic) bond motifs is 9. The lowest BCUT2D eigenvalue weighted by atomic mass is 9.85. The molecule has 180 valence electrons. The summed E-state index contributed by atoms with van der Waals surface area (Å²) in [6.45, 7) is -4.76. The minimum absolute atomic E-state index is 0.0482. The monoisotopic (exact) mass is 526 g/mol. The first kappa shape index (κ1) is 21.7. The average molecular weight is 526 g/mol. The smallest absolute Gasteiger partial charge is 0.389 e. The Labute approximate surface area is 202 Å². The highest BCUT2D eigenvalue weighted by Gasteiger charge is 2.67. The Hall–Kier alpha value is -2.60. The molecule has 0 saturated heterocycles. The van der Waals surface area contributed by atoms with Crippen LogP contribution >= 0.6 is 22.7 Å². The Bertz CT molecular complexity index is 1550. The first-order valence-corrected chi connectivity index (χ1v) is 12.7. The van der Waals surface area contributed by atoms with Crippen LogP contribution in [0.5, 0.6) is 0 Å². The number of alkyl halides is 5. The SMILES string of the molecule is F[B-]1(F)n2c(cc3c2-c2sccc2CC3)C(C(F)(F)C(F)(F)F)=C2C=C3CCc4ccsc4C3=[N+]21. The van der Waals surface area contributed by atoms with Gasteiger partial charge in [-0.05, 0) is 71.3 Å². The zero-order valence-electron chi connectivity index (χ0n) is 17.7. The lowest BCUT2D eigenvalue weighted by molar-refractivity contribution is -0.364. The summed E-state index contributed by atoms with van der Waals surface area (Å²) in [5.74, 6) is -5.33. The first-order valence-electron chi connectivity index (χ1n) is 11.0. The van der Waals surface area contributed by atoms with Gasteiger partial charge in [-0.25, -0.2) is 0 Å². The third kappa shape index (κ3) is 2.59. The quantitative estimate of drug-likeness (QED) is 0.241. The Balaban J connectivity index is 1.64. The Morgan fingerprint density at radius 3 is 2.20 bits per heavy atom. The summed E-state index contributed by atoms with van der Waals surface area (Å²) in [7, 11) is 0. The maximum Gasteiger partial charge on any atom is 0.738 e. The van der Waals surface area contributed by atoms with Gasteiger partial charge in [-0.3, -0.25) is 0 Å². The summed E-state index contributed by atoms with van der Waals surface area (Å²) >= 11 is 2.38. The molecule has 2 nitrogen and oxygen atoms in total. The maximum absolute atomic E-state index is 16.5. The average Bonchev–Trinajstić information content (AvgIpc) is 3.53. The number of rotatable bonds is 1. The van der Waals surface area contributed by atoms with Crippen LogP contribution in [-0.4, -0.2) is 33.7 Å². The Morgan fingerprint density at radius 1 is 0.857 bits per heavy atom. The lowest BCUT2D eigenvalue weighted by Crippen LogP contribution is -2.54. The van der Waals surface area contributed by atoms with Crippen molar-refractivity contribution >= 4 is 40.9 Å². The molecule has 0 spiro atoms. The van der Waals surface area contributed by atoms with Crippen LogP contribution < -0.4 is 0 Å². The molecular weight excluding hydrogens is 512 g/mol. The van der Waals surface area contributed by atoms with E-state index >= 15 is 17.4 Å². The van der Waals surface area contributed by atoms with Gasteiger partial charge in [0.15, 0.2) is 11.4 Å². The van der Waals surface area contributed by atoms with E-state index in [2.05, 4.69) is 0 Å². The first-order chi connectivity index (χ1) is 16.5. The van der Waals surface area contributed by atoms with Gasteiger partial charge in [0, 0.05) is 23.0 Å². The van der Waals surface area contributed by atoms with Crippen molar-refractivity contribution in [2.75, 3.05) is 0 Å². The molecule has 0 radical (unpaired) electrons. The minimum atomic E-state index is -5.95.